The van der Waals surface area contributed by atoms with E-state index in [9.17, 15) is 9.90 Å². The first-order valence-electron chi connectivity index (χ1n) is 7.79. The standard InChI is InChI=1S/C21H18O3/c22-21(23)19-12-11-18(13-16-7-3-1-4-8-16)14-20(19)24-15-17-9-5-2-6-10-17/h1-12,14H,13,15H2,(H,22,23). The monoisotopic (exact) mass is 318 g/mol. The zero-order chi connectivity index (χ0) is 16.8. The van der Waals surface area contributed by atoms with Crippen LogP contribution < -0.4 is 4.74 Å². The minimum absolute atomic E-state index is 0.183. The molecular weight excluding hydrogens is 300 g/mol. The van der Waals surface area contributed by atoms with Gasteiger partial charge in [-0.2, -0.15) is 0 Å². The van der Waals surface area contributed by atoms with E-state index in [0.29, 0.717) is 12.4 Å². The molecule has 0 saturated heterocycles. The fraction of sp³-hybridized carbons (Fsp3) is 0.0952. The first-order valence-corrected chi connectivity index (χ1v) is 7.79. The molecule has 0 fully saturated rings. The summed E-state index contributed by atoms with van der Waals surface area (Å²) in [5, 5.41) is 9.36. The van der Waals surface area contributed by atoms with E-state index in [0.717, 1.165) is 17.5 Å². The predicted octanol–water partition coefficient (Wildman–Crippen LogP) is 4.55. The number of carboxylic acid groups (broad SMARTS) is 1. The fourth-order valence-corrected chi connectivity index (χ4v) is 2.54. The number of carbonyl (C=O) groups is 1. The number of ether oxygens (including phenoxy) is 1. The second-order valence-electron chi connectivity index (χ2n) is 5.57. The number of aromatic carboxylic acids is 1. The van der Waals surface area contributed by atoms with Crippen molar-refractivity contribution in [2.75, 3.05) is 0 Å². The van der Waals surface area contributed by atoms with Crippen molar-refractivity contribution >= 4 is 5.97 Å². The minimum Gasteiger partial charge on any atom is -0.488 e. The molecule has 3 aromatic rings. The molecule has 0 heterocycles. The molecule has 0 bridgehead atoms. The van der Waals surface area contributed by atoms with Gasteiger partial charge < -0.3 is 9.84 Å². The van der Waals surface area contributed by atoms with Crippen molar-refractivity contribution in [3.05, 3.63) is 101 Å². The Morgan fingerprint density at radius 1 is 0.792 bits per heavy atom. The van der Waals surface area contributed by atoms with Gasteiger partial charge in [0, 0.05) is 0 Å². The Kier molecular flexibility index (Phi) is 4.92. The van der Waals surface area contributed by atoms with E-state index in [1.807, 2.05) is 60.7 Å². The highest BCUT2D eigenvalue weighted by Crippen LogP contribution is 2.23. The van der Waals surface area contributed by atoms with Crippen LogP contribution in [0.5, 0.6) is 5.75 Å². The van der Waals surface area contributed by atoms with Gasteiger partial charge in [0.05, 0.1) is 0 Å². The van der Waals surface area contributed by atoms with Gasteiger partial charge in [-0.25, -0.2) is 4.79 Å². The quantitative estimate of drug-likeness (QED) is 0.725. The highest BCUT2D eigenvalue weighted by molar-refractivity contribution is 5.91. The summed E-state index contributed by atoms with van der Waals surface area (Å²) in [6, 6.07) is 25.0. The first-order chi connectivity index (χ1) is 11.7. The van der Waals surface area contributed by atoms with Gasteiger partial charge in [0.2, 0.25) is 0 Å². The summed E-state index contributed by atoms with van der Waals surface area (Å²) in [5.41, 5.74) is 3.38. The molecule has 0 radical (unpaired) electrons. The van der Waals surface area contributed by atoms with Crippen LogP contribution in [0.3, 0.4) is 0 Å². The third kappa shape index (κ3) is 4.02. The third-order valence-corrected chi connectivity index (χ3v) is 3.76. The maximum Gasteiger partial charge on any atom is 0.339 e. The van der Waals surface area contributed by atoms with Crippen LogP contribution in [0.1, 0.15) is 27.0 Å². The van der Waals surface area contributed by atoms with Gasteiger partial charge in [0.15, 0.2) is 0 Å². The van der Waals surface area contributed by atoms with Crippen LogP contribution in [0.25, 0.3) is 0 Å². The SMILES string of the molecule is O=C(O)c1ccc(Cc2ccccc2)cc1OCc1ccccc1. The highest BCUT2D eigenvalue weighted by Gasteiger charge is 2.12. The van der Waals surface area contributed by atoms with Crippen molar-refractivity contribution in [1.82, 2.24) is 0 Å². The zero-order valence-corrected chi connectivity index (χ0v) is 13.2. The molecule has 0 aliphatic rings. The Morgan fingerprint density at radius 3 is 2.04 bits per heavy atom. The van der Waals surface area contributed by atoms with Gasteiger partial charge >= 0.3 is 5.97 Å². The highest BCUT2D eigenvalue weighted by atomic mass is 16.5. The Balaban J connectivity index is 1.82. The van der Waals surface area contributed by atoms with Gasteiger partial charge in [-0.3, -0.25) is 0 Å². The number of rotatable bonds is 6. The average Bonchev–Trinajstić information content (AvgIpc) is 2.61. The van der Waals surface area contributed by atoms with Crippen LogP contribution in [0.4, 0.5) is 0 Å². The first kappa shape index (κ1) is 15.8. The number of hydrogen-bond donors (Lipinski definition) is 1. The van der Waals surface area contributed by atoms with E-state index in [-0.39, 0.29) is 5.56 Å². The van der Waals surface area contributed by atoms with Crippen molar-refractivity contribution in [3.63, 3.8) is 0 Å². The second kappa shape index (κ2) is 7.47. The van der Waals surface area contributed by atoms with E-state index >= 15 is 0 Å². The minimum atomic E-state index is -0.982. The lowest BCUT2D eigenvalue weighted by Gasteiger charge is -2.11. The van der Waals surface area contributed by atoms with Crippen molar-refractivity contribution < 1.29 is 14.6 Å². The lowest BCUT2D eigenvalue weighted by molar-refractivity contribution is 0.0691. The molecule has 0 spiro atoms. The molecule has 0 unspecified atom stereocenters. The zero-order valence-electron chi connectivity index (χ0n) is 13.2. The fourth-order valence-electron chi connectivity index (χ4n) is 2.54. The van der Waals surface area contributed by atoms with Crippen LogP contribution >= 0.6 is 0 Å². The molecule has 24 heavy (non-hydrogen) atoms. The van der Waals surface area contributed by atoms with E-state index in [2.05, 4.69) is 12.1 Å². The molecule has 3 rings (SSSR count). The van der Waals surface area contributed by atoms with Gasteiger partial charge in [-0.1, -0.05) is 66.7 Å². The van der Waals surface area contributed by atoms with Crippen LogP contribution in [-0.4, -0.2) is 11.1 Å². The summed E-state index contributed by atoms with van der Waals surface area (Å²) in [6.07, 6.45) is 0.739. The second-order valence-corrected chi connectivity index (χ2v) is 5.57. The van der Waals surface area contributed by atoms with Crippen LogP contribution in [0.2, 0.25) is 0 Å². The van der Waals surface area contributed by atoms with Gasteiger partial charge in [0.1, 0.15) is 17.9 Å². The van der Waals surface area contributed by atoms with Crippen LogP contribution in [-0.2, 0) is 13.0 Å². The molecular formula is C21H18O3. The van der Waals surface area contributed by atoms with E-state index in [4.69, 9.17) is 4.74 Å². The Labute approximate surface area is 141 Å². The summed E-state index contributed by atoms with van der Waals surface area (Å²) in [6.45, 7) is 0.343. The topological polar surface area (TPSA) is 46.5 Å². The molecule has 120 valence electrons. The molecule has 3 heteroatoms. The van der Waals surface area contributed by atoms with Crippen molar-refractivity contribution in [3.8, 4) is 5.75 Å². The number of hydrogen-bond acceptors (Lipinski definition) is 2. The Morgan fingerprint density at radius 2 is 1.42 bits per heavy atom. The largest absolute Gasteiger partial charge is 0.488 e. The van der Waals surface area contributed by atoms with Crippen LogP contribution in [0, 0.1) is 0 Å². The van der Waals surface area contributed by atoms with Crippen LogP contribution in [0.15, 0.2) is 78.9 Å². The van der Waals surface area contributed by atoms with Crippen molar-refractivity contribution in [2.24, 2.45) is 0 Å². The molecule has 1 N–H and O–H groups in total. The van der Waals surface area contributed by atoms with Crippen molar-refractivity contribution in [2.45, 2.75) is 13.0 Å². The van der Waals surface area contributed by atoms with Gasteiger partial charge in [-0.15, -0.1) is 0 Å². The van der Waals surface area contributed by atoms with E-state index in [1.165, 1.54) is 5.56 Å². The van der Waals surface area contributed by atoms with E-state index in [1.54, 1.807) is 6.07 Å². The molecule has 3 aromatic carbocycles. The Hall–Kier alpha value is -3.07. The lowest BCUT2D eigenvalue weighted by atomic mass is 10.0. The molecule has 0 aliphatic heterocycles. The average molecular weight is 318 g/mol. The Bertz CT molecular complexity index is 811. The molecule has 3 nitrogen and oxygen atoms in total. The summed E-state index contributed by atoms with van der Waals surface area (Å²) in [7, 11) is 0. The molecule has 0 saturated carbocycles. The van der Waals surface area contributed by atoms with Crippen molar-refractivity contribution in [1.29, 1.82) is 0 Å². The summed E-state index contributed by atoms with van der Waals surface area (Å²) < 4.78 is 5.78. The summed E-state index contributed by atoms with van der Waals surface area (Å²) >= 11 is 0. The molecule has 0 aromatic heterocycles. The van der Waals surface area contributed by atoms with Gasteiger partial charge in [-0.05, 0) is 35.2 Å². The molecule has 0 atom stereocenters. The summed E-state index contributed by atoms with van der Waals surface area (Å²) in [4.78, 5) is 11.4. The summed E-state index contributed by atoms with van der Waals surface area (Å²) in [5.74, 6) is -0.580. The van der Waals surface area contributed by atoms with E-state index < -0.39 is 5.97 Å². The lowest BCUT2D eigenvalue weighted by Crippen LogP contribution is -2.04. The van der Waals surface area contributed by atoms with Gasteiger partial charge in [0.25, 0.3) is 0 Å². The normalized spacial score (nSPS) is 10.3. The maximum absolute atomic E-state index is 11.4. The third-order valence-electron chi connectivity index (χ3n) is 3.76. The molecule has 0 aliphatic carbocycles. The smallest absolute Gasteiger partial charge is 0.339 e. The number of carboxylic acids is 1. The molecule has 0 amide bonds. The maximum atomic E-state index is 11.4. The predicted molar refractivity (Wildman–Crippen MR) is 93.4 cm³/mol. The number of benzene rings is 3.